The van der Waals surface area contributed by atoms with Gasteiger partial charge in [-0.2, -0.15) is 5.26 Å². The van der Waals surface area contributed by atoms with Gasteiger partial charge in [0.25, 0.3) is 0 Å². The lowest BCUT2D eigenvalue weighted by molar-refractivity contribution is -0.148. The van der Waals surface area contributed by atoms with Crippen LogP contribution in [0.15, 0.2) is 48.5 Å². The third-order valence-corrected chi connectivity index (χ3v) is 5.84. The van der Waals surface area contributed by atoms with Crippen LogP contribution >= 0.6 is 0 Å². The van der Waals surface area contributed by atoms with Crippen molar-refractivity contribution in [3.8, 4) is 11.8 Å². The topological polar surface area (TPSA) is 88.3 Å². The lowest BCUT2D eigenvalue weighted by atomic mass is 9.94. The number of ether oxygens (including phenoxy) is 2. The maximum atomic E-state index is 12.2. The Morgan fingerprint density at radius 1 is 1.12 bits per heavy atom. The predicted octanol–water partition coefficient (Wildman–Crippen LogP) is 4.07. The maximum Gasteiger partial charge on any atom is 0.309 e. The lowest BCUT2D eigenvalue weighted by Gasteiger charge is -2.33. The van der Waals surface area contributed by atoms with Crippen molar-refractivity contribution in [3.05, 3.63) is 59.8 Å². The number of rotatable bonds is 6. The van der Waals surface area contributed by atoms with E-state index in [2.05, 4.69) is 11.0 Å². The third kappa shape index (κ3) is 4.35. The summed E-state index contributed by atoms with van der Waals surface area (Å²) in [5, 5.41) is 10.1. The number of piperidine rings is 1. The number of anilines is 1. The SMILES string of the molecule is CCOC(=O)C1CCN(c2nc3ccccc3nc2C(C#N)c2ccc(OC)cc2)CC1. The summed E-state index contributed by atoms with van der Waals surface area (Å²) in [5.41, 5.74) is 3.00. The molecule has 0 spiro atoms. The van der Waals surface area contributed by atoms with E-state index in [9.17, 15) is 10.1 Å². The van der Waals surface area contributed by atoms with E-state index in [0.717, 1.165) is 22.3 Å². The third-order valence-electron chi connectivity index (χ3n) is 5.84. The zero-order valence-corrected chi connectivity index (χ0v) is 18.3. The molecule has 7 nitrogen and oxygen atoms in total. The van der Waals surface area contributed by atoms with Gasteiger partial charge in [0.2, 0.25) is 0 Å². The highest BCUT2D eigenvalue weighted by molar-refractivity contribution is 5.77. The first-order chi connectivity index (χ1) is 15.6. The molecule has 0 bridgehead atoms. The number of hydrogen-bond donors (Lipinski definition) is 0. The number of hydrogen-bond acceptors (Lipinski definition) is 7. The molecule has 3 aromatic rings. The van der Waals surface area contributed by atoms with Crippen molar-refractivity contribution in [2.75, 3.05) is 31.7 Å². The summed E-state index contributed by atoms with van der Waals surface area (Å²) in [6.45, 7) is 3.53. The lowest BCUT2D eigenvalue weighted by Crippen LogP contribution is -2.38. The highest BCUT2D eigenvalue weighted by atomic mass is 16.5. The van der Waals surface area contributed by atoms with Crippen molar-refractivity contribution in [1.29, 1.82) is 5.26 Å². The summed E-state index contributed by atoms with van der Waals surface area (Å²) in [6.07, 6.45) is 1.37. The Morgan fingerprint density at radius 3 is 2.38 bits per heavy atom. The number of fused-ring (bicyclic) bond motifs is 1. The number of carbonyl (C=O) groups excluding carboxylic acids is 1. The van der Waals surface area contributed by atoms with E-state index in [0.29, 0.717) is 44.0 Å². The molecule has 4 rings (SSSR count). The second kappa shape index (κ2) is 9.65. The smallest absolute Gasteiger partial charge is 0.309 e. The number of methoxy groups -OCH3 is 1. The predicted molar refractivity (Wildman–Crippen MR) is 122 cm³/mol. The first-order valence-electron chi connectivity index (χ1n) is 10.9. The van der Waals surface area contributed by atoms with Crippen LogP contribution in [0.5, 0.6) is 5.75 Å². The molecule has 0 radical (unpaired) electrons. The van der Waals surface area contributed by atoms with Crippen molar-refractivity contribution in [1.82, 2.24) is 9.97 Å². The number of nitriles is 1. The van der Waals surface area contributed by atoms with Crippen LogP contribution in [0.1, 0.15) is 36.9 Å². The standard InChI is InChI=1S/C25H26N4O3/c1-3-32-25(30)18-12-14-29(15-13-18)24-23(27-21-6-4-5-7-22(21)28-24)20(16-26)17-8-10-19(31-2)11-9-17/h4-11,18,20H,3,12-15H2,1-2H3. The Hall–Kier alpha value is -3.66. The molecular formula is C25H26N4O3. The van der Waals surface area contributed by atoms with Crippen molar-refractivity contribution >= 4 is 22.8 Å². The van der Waals surface area contributed by atoms with E-state index in [-0.39, 0.29) is 11.9 Å². The molecule has 0 amide bonds. The summed E-state index contributed by atoms with van der Waals surface area (Å²) in [7, 11) is 1.61. The number of para-hydroxylation sites is 2. The molecule has 2 aromatic carbocycles. The van der Waals surface area contributed by atoms with E-state index >= 15 is 0 Å². The van der Waals surface area contributed by atoms with E-state index in [1.165, 1.54) is 0 Å². The minimum absolute atomic E-state index is 0.101. The average molecular weight is 431 g/mol. The highest BCUT2D eigenvalue weighted by Gasteiger charge is 2.30. The molecule has 2 heterocycles. The Labute approximate surface area is 187 Å². The summed E-state index contributed by atoms with van der Waals surface area (Å²) < 4.78 is 10.5. The number of nitrogens with zero attached hydrogens (tertiary/aromatic N) is 4. The maximum absolute atomic E-state index is 12.2. The Morgan fingerprint density at radius 2 is 1.78 bits per heavy atom. The van der Waals surface area contributed by atoms with E-state index < -0.39 is 5.92 Å². The first kappa shape index (κ1) is 21.6. The molecule has 0 saturated carbocycles. The van der Waals surface area contributed by atoms with Gasteiger partial charge in [-0.25, -0.2) is 9.97 Å². The van der Waals surface area contributed by atoms with Gasteiger partial charge >= 0.3 is 5.97 Å². The van der Waals surface area contributed by atoms with Crippen LogP contribution in [0.25, 0.3) is 11.0 Å². The molecule has 1 aliphatic heterocycles. The highest BCUT2D eigenvalue weighted by Crippen LogP contribution is 2.34. The quantitative estimate of drug-likeness (QED) is 0.545. The molecule has 0 N–H and O–H groups in total. The van der Waals surface area contributed by atoms with E-state index in [4.69, 9.17) is 19.4 Å². The average Bonchev–Trinajstić information content (AvgIpc) is 2.85. The normalized spacial score (nSPS) is 15.2. The second-order valence-electron chi connectivity index (χ2n) is 7.77. The summed E-state index contributed by atoms with van der Waals surface area (Å²) in [6, 6.07) is 17.6. The van der Waals surface area contributed by atoms with Crippen LogP contribution in [0.4, 0.5) is 5.82 Å². The Bertz CT molecular complexity index is 1130. The minimum atomic E-state index is -0.573. The van der Waals surface area contributed by atoms with Crippen LogP contribution in [0, 0.1) is 17.2 Å². The molecular weight excluding hydrogens is 404 g/mol. The zero-order valence-electron chi connectivity index (χ0n) is 18.3. The van der Waals surface area contributed by atoms with Crippen LogP contribution in [0.2, 0.25) is 0 Å². The van der Waals surface area contributed by atoms with Gasteiger partial charge in [-0.3, -0.25) is 4.79 Å². The number of esters is 1. The van der Waals surface area contributed by atoms with Crippen molar-refractivity contribution < 1.29 is 14.3 Å². The first-order valence-corrected chi connectivity index (χ1v) is 10.9. The van der Waals surface area contributed by atoms with Crippen LogP contribution in [-0.4, -0.2) is 42.7 Å². The van der Waals surface area contributed by atoms with Gasteiger partial charge in [0.15, 0.2) is 5.82 Å². The van der Waals surface area contributed by atoms with E-state index in [1.807, 2.05) is 55.5 Å². The Kier molecular flexibility index (Phi) is 6.50. The van der Waals surface area contributed by atoms with E-state index in [1.54, 1.807) is 7.11 Å². The largest absolute Gasteiger partial charge is 0.497 e. The van der Waals surface area contributed by atoms with Gasteiger partial charge in [0.05, 0.1) is 36.7 Å². The van der Waals surface area contributed by atoms with Crippen LogP contribution < -0.4 is 9.64 Å². The van der Waals surface area contributed by atoms with Gasteiger partial charge in [-0.1, -0.05) is 24.3 Å². The molecule has 1 fully saturated rings. The number of benzene rings is 2. The molecule has 0 aliphatic carbocycles. The second-order valence-corrected chi connectivity index (χ2v) is 7.77. The molecule has 32 heavy (non-hydrogen) atoms. The minimum Gasteiger partial charge on any atom is -0.497 e. The summed E-state index contributed by atoms with van der Waals surface area (Å²) in [5.74, 6) is 0.627. The van der Waals surface area contributed by atoms with Crippen molar-refractivity contribution in [3.63, 3.8) is 0 Å². The van der Waals surface area contributed by atoms with Crippen molar-refractivity contribution in [2.45, 2.75) is 25.7 Å². The summed E-state index contributed by atoms with van der Waals surface area (Å²) >= 11 is 0. The molecule has 164 valence electrons. The molecule has 1 saturated heterocycles. The molecule has 7 heteroatoms. The number of carbonyl (C=O) groups is 1. The van der Waals surface area contributed by atoms with Crippen LogP contribution in [-0.2, 0) is 9.53 Å². The zero-order chi connectivity index (χ0) is 22.5. The fourth-order valence-electron chi connectivity index (χ4n) is 4.11. The molecule has 1 aliphatic rings. The fourth-order valence-corrected chi connectivity index (χ4v) is 4.11. The number of aromatic nitrogens is 2. The van der Waals surface area contributed by atoms with Crippen LogP contribution in [0.3, 0.4) is 0 Å². The molecule has 1 aromatic heterocycles. The van der Waals surface area contributed by atoms with Gasteiger partial charge in [-0.05, 0) is 49.6 Å². The van der Waals surface area contributed by atoms with Gasteiger partial charge in [0.1, 0.15) is 17.4 Å². The Balaban J connectivity index is 1.71. The molecule has 1 atom stereocenters. The summed E-state index contributed by atoms with van der Waals surface area (Å²) in [4.78, 5) is 24.1. The van der Waals surface area contributed by atoms with Crippen molar-refractivity contribution in [2.24, 2.45) is 5.92 Å². The van der Waals surface area contributed by atoms with Gasteiger partial charge < -0.3 is 14.4 Å². The molecule has 1 unspecified atom stereocenters. The fraction of sp³-hybridized carbons (Fsp3) is 0.360. The van der Waals surface area contributed by atoms with Gasteiger partial charge in [-0.15, -0.1) is 0 Å². The van der Waals surface area contributed by atoms with Gasteiger partial charge in [0, 0.05) is 13.1 Å². The monoisotopic (exact) mass is 430 g/mol.